The quantitative estimate of drug-likeness (QED) is 0.435. The highest BCUT2D eigenvalue weighted by Crippen LogP contribution is 2.23. The van der Waals surface area contributed by atoms with E-state index in [4.69, 9.17) is 28.2 Å². The van der Waals surface area contributed by atoms with Crippen molar-refractivity contribution in [2.24, 2.45) is 0 Å². The lowest BCUT2D eigenvalue weighted by Gasteiger charge is -2.17. The maximum atomic E-state index is 12.7. The Labute approximate surface area is 179 Å². The zero-order valence-corrected chi connectivity index (χ0v) is 17.3. The fraction of sp³-hybridized carbons (Fsp3) is 0.130. The molecule has 0 fully saturated rings. The number of halogens is 2. The molecule has 3 aromatic carbocycles. The second-order valence-corrected chi connectivity index (χ2v) is 7.75. The van der Waals surface area contributed by atoms with Crippen molar-refractivity contribution in [3.63, 3.8) is 0 Å². The van der Waals surface area contributed by atoms with E-state index in [-0.39, 0.29) is 11.9 Å². The van der Waals surface area contributed by atoms with Crippen molar-refractivity contribution < 1.29 is 4.79 Å². The van der Waals surface area contributed by atoms with Gasteiger partial charge < -0.3 is 9.88 Å². The molecule has 0 spiro atoms. The molecule has 1 atom stereocenters. The van der Waals surface area contributed by atoms with Crippen molar-refractivity contribution >= 4 is 40.1 Å². The monoisotopic (exact) mass is 423 g/mol. The smallest absolute Gasteiger partial charge is 0.251 e. The summed E-state index contributed by atoms with van der Waals surface area (Å²) in [5, 5.41) is 4.34. The van der Waals surface area contributed by atoms with Crippen molar-refractivity contribution in [3.8, 4) is 0 Å². The molecule has 4 aromatic rings. The van der Waals surface area contributed by atoms with Gasteiger partial charge in [0.15, 0.2) is 0 Å². The van der Waals surface area contributed by atoms with Gasteiger partial charge in [-0.05, 0) is 61.0 Å². The van der Waals surface area contributed by atoms with Crippen LogP contribution in [-0.2, 0) is 6.54 Å². The lowest BCUT2D eigenvalue weighted by molar-refractivity contribution is 0.0938. The van der Waals surface area contributed by atoms with Crippen molar-refractivity contribution in [2.75, 3.05) is 0 Å². The number of nitrogens with one attached hydrogen (secondary N) is 1. The summed E-state index contributed by atoms with van der Waals surface area (Å²) in [6, 6.07) is 22.3. The molecule has 146 valence electrons. The molecule has 0 bridgehead atoms. The van der Waals surface area contributed by atoms with Crippen molar-refractivity contribution in [1.29, 1.82) is 0 Å². The predicted molar refractivity (Wildman–Crippen MR) is 118 cm³/mol. The largest absolute Gasteiger partial charge is 0.342 e. The molecule has 0 aliphatic heterocycles. The van der Waals surface area contributed by atoms with Gasteiger partial charge in [-0.1, -0.05) is 47.5 Å². The van der Waals surface area contributed by atoms with Crippen LogP contribution in [0.2, 0.25) is 10.0 Å². The van der Waals surface area contributed by atoms with Crippen LogP contribution in [0.15, 0.2) is 72.8 Å². The molecule has 0 aliphatic rings. The van der Waals surface area contributed by atoms with Gasteiger partial charge in [-0.25, -0.2) is 4.98 Å². The van der Waals surface area contributed by atoms with E-state index in [0.717, 1.165) is 22.4 Å². The van der Waals surface area contributed by atoms with E-state index in [1.165, 1.54) is 0 Å². The van der Waals surface area contributed by atoms with Crippen LogP contribution in [0, 0.1) is 0 Å². The van der Waals surface area contributed by atoms with E-state index in [1.54, 1.807) is 24.3 Å². The van der Waals surface area contributed by atoms with Gasteiger partial charge >= 0.3 is 0 Å². The summed E-state index contributed by atoms with van der Waals surface area (Å²) in [6.45, 7) is 2.57. The lowest BCUT2D eigenvalue weighted by Crippen LogP contribution is -2.28. The minimum absolute atomic E-state index is 0.167. The second kappa shape index (κ2) is 8.27. The third-order valence-electron chi connectivity index (χ3n) is 4.78. The van der Waals surface area contributed by atoms with E-state index in [0.29, 0.717) is 22.2 Å². The third kappa shape index (κ3) is 4.29. The van der Waals surface area contributed by atoms with Gasteiger partial charge in [0.2, 0.25) is 0 Å². The van der Waals surface area contributed by atoms with Gasteiger partial charge in [0, 0.05) is 22.2 Å². The lowest BCUT2D eigenvalue weighted by atomic mass is 10.2. The molecule has 1 unspecified atom stereocenters. The second-order valence-electron chi connectivity index (χ2n) is 6.87. The molecule has 4 nitrogen and oxygen atoms in total. The minimum atomic E-state index is -0.280. The maximum Gasteiger partial charge on any atom is 0.251 e. The number of hydrogen-bond acceptors (Lipinski definition) is 2. The van der Waals surface area contributed by atoms with E-state index >= 15 is 0 Å². The first-order valence-electron chi connectivity index (χ1n) is 9.27. The van der Waals surface area contributed by atoms with Crippen LogP contribution in [0.4, 0.5) is 0 Å². The fourth-order valence-corrected chi connectivity index (χ4v) is 3.56. The number of fused-ring (bicyclic) bond motifs is 1. The average Bonchev–Trinajstić information content (AvgIpc) is 3.09. The van der Waals surface area contributed by atoms with Gasteiger partial charge in [0.25, 0.3) is 5.91 Å². The van der Waals surface area contributed by atoms with Crippen LogP contribution in [0.25, 0.3) is 11.0 Å². The summed E-state index contributed by atoms with van der Waals surface area (Å²) in [5.41, 5.74) is 3.57. The summed E-state index contributed by atoms with van der Waals surface area (Å²) in [6.07, 6.45) is 0. The molecule has 1 amide bonds. The Balaban J connectivity index is 1.65. The maximum absolute atomic E-state index is 12.7. The Morgan fingerprint density at radius 3 is 2.28 bits per heavy atom. The summed E-state index contributed by atoms with van der Waals surface area (Å²) < 4.78 is 2.13. The Kier molecular flexibility index (Phi) is 5.56. The molecule has 1 N–H and O–H groups in total. The fourth-order valence-electron chi connectivity index (χ4n) is 3.31. The first-order chi connectivity index (χ1) is 14.0. The average molecular weight is 424 g/mol. The molecule has 1 aromatic heterocycles. The number of nitrogens with zero attached hydrogens (tertiary/aromatic N) is 2. The van der Waals surface area contributed by atoms with Crippen LogP contribution >= 0.6 is 23.2 Å². The molecule has 0 aliphatic carbocycles. The standard InChI is InChI=1S/C23H19Cl2N3O/c1-15(26-23(29)17-8-12-19(25)13-9-17)22-27-20-4-2-3-5-21(20)28(22)14-16-6-10-18(24)11-7-16/h2-13,15H,14H2,1H3,(H,26,29). The number of hydrogen-bond donors (Lipinski definition) is 1. The van der Waals surface area contributed by atoms with E-state index < -0.39 is 0 Å². The van der Waals surface area contributed by atoms with Crippen molar-refractivity contribution in [3.05, 3.63) is 99.8 Å². The first kappa shape index (κ1) is 19.5. The Morgan fingerprint density at radius 1 is 0.966 bits per heavy atom. The Morgan fingerprint density at radius 2 is 1.59 bits per heavy atom. The third-order valence-corrected chi connectivity index (χ3v) is 5.28. The van der Waals surface area contributed by atoms with Crippen LogP contribution < -0.4 is 5.32 Å². The van der Waals surface area contributed by atoms with E-state index in [2.05, 4.69) is 9.88 Å². The molecule has 0 saturated heterocycles. The topological polar surface area (TPSA) is 46.9 Å². The van der Waals surface area contributed by atoms with E-state index in [9.17, 15) is 4.79 Å². The minimum Gasteiger partial charge on any atom is -0.342 e. The van der Waals surface area contributed by atoms with Gasteiger partial charge in [0.1, 0.15) is 5.82 Å². The number of para-hydroxylation sites is 2. The molecular formula is C23H19Cl2N3O. The highest BCUT2D eigenvalue weighted by Gasteiger charge is 2.19. The zero-order chi connectivity index (χ0) is 20.4. The number of amides is 1. The van der Waals surface area contributed by atoms with Crippen molar-refractivity contribution in [1.82, 2.24) is 14.9 Å². The van der Waals surface area contributed by atoms with E-state index in [1.807, 2.05) is 55.5 Å². The molecule has 4 rings (SSSR count). The first-order valence-corrected chi connectivity index (χ1v) is 10.0. The summed E-state index contributed by atoms with van der Waals surface area (Å²) in [5.74, 6) is 0.628. The SMILES string of the molecule is CC(NC(=O)c1ccc(Cl)cc1)c1nc2ccccc2n1Cc1ccc(Cl)cc1. The zero-order valence-electron chi connectivity index (χ0n) is 15.8. The highest BCUT2D eigenvalue weighted by molar-refractivity contribution is 6.30. The van der Waals surface area contributed by atoms with Crippen LogP contribution in [0.5, 0.6) is 0 Å². The number of aromatic nitrogens is 2. The number of carbonyl (C=O) groups is 1. The molecule has 6 heteroatoms. The number of benzene rings is 3. The molecule has 29 heavy (non-hydrogen) atoms. The number of rotatable bonds is 5. The van der Waals surface area contributed by atoms with Crippen LogP contribution in [-0.4, -0.2) is 15.5 Å². The predicted octanol–water partition coefficient (Wildman–Crippen LogP) is 5.88. The molecular weight excluding hydrogens is 405 g/mol. The molecule has 0 saturated carbocycles. The summed E-state index contributed by atoms with van der Waals surface area (Å²) in [7, 11) is 0. The Hall–Kier alpha value is -2.82. The molecule has 1 heterocycles. The van der Waals surface area contributed by atoms with Gasteiger partial charge in [0.05, 0.1) is 17.1 Å². The summed E-state index contributed by atoms with van der Waals surface area (Å²) in [4.78, 5) is 17.4. The number of carbonyl (C=O) groups excluding carboxylic acids is 1. The van der Waals surface area contributed by atoms with Crippen molar-refractivity contribution in [2.45, 2.75) is 19.5 Å². The van der Waals surface area contributed by atoms with Gasteiger partial charge in [-0.15, -0.1) is 0 Å². The number of imidazole rings is 1. The highest BCUT2D eigenvalue weighted by atomic mass is 35.5. The summed E-state index contributed by atoms with van der Waals surface area (Å²) >= 11 is 11.9. The van der Waals surface area contributed by atoms with Crippen LogP contribution in [0.3, 0.4) is 0 Å². The van der Waals surface area contributed by atoms with Gasteiger partial charge in [-0.2, -0.15) is 0 Å². The Bertz CT molecular complexity index is 1150. The van der Waals surface area contributed by atoms with Crippen LogP contribution in [0.1, 0.15) is 34.7 Å². The van der Waals surface area contributed by atoms with Gasteiger partial charge in [-0.3, -0.25) is 4.79 Å². The normalized spacial score (nSPS) is 12.1. The molecule has 0 radical (unpaired) electrons.